The van der Waals surface area contributed by atoms with Crippen molar-refractivity contribution < 1.29 is 13.4 Å². The standard InChI is InChI=1S/C15H17NO3S/c1-11(20(2)18)10-16-15(17)8-7-13-9-12-5-3-4-6-14(12)19-13/h3-9,11H,10H2,1-2H3,(H,16,17)/b8-7+. The molecule has 0 aliphatic rings. The minimum Gasteiger partial charge on any atom is -0.457 e. The molecular weight excluding hydrogens is 274 g/mol. The van der Waals surface area contributed by atoms with Crippen LogP contribution in [0.15, 0.2) is 40.8 Å². The summed E-state index contributed by atoms with van der Waals surface area (Å²) >= 11 is 0. The molecule has 0 bridgehead atoms. The Hall–Kier alpha value is -1.88. The highest BCUT2D eigenvalue weighted by atomic mass is 32.2. The molecule has 0 aliphatic heterocycles. The Kier molecular flexibility index (Phi) is 4.74. The highest BCUT2D eigenvalue weighted by molar-refractivity contribution is 7.84. The van der Waals surface area contributed by atoms with E-state index < -0.39 is 10.8 Å². The molecule has 0 spiro atoms. The third-order valence-electron chi connectivity index (χ3n) is 2.97. The van der Waals surface area contributed by atoms with E-state index in [9.17, 15) is 9.00 Å². The van der Waals surface area contributed by atoms with Gasteiger partial charge in [-0.3, -0.25) is 9.00 Å². The number of rotatable bonds is 5. The van der Waals surface area contributed by atoms with Gasteiger partial charge in [0.15, 0.2) is 0 Å². The van der Waals surface area contributed by atoms with Crippen molar-refractivity contribution in [3.63, 3.8) is 0 Å². The summed E-state index contributed by atoms with van der Waals surface area (Å²) in [5, 5.41) is 3.65. The first kappa shape index (κ1) is 14.5. The maximum absolute atomic E-state index is 11.6. The van der Waals surface area contributed by atoms with Gasteiger partial charge in [0, 0.05) is 40.3 Å². The third kappa shape index (κ3) is 3.81. The molecule has 2 unspecified atom stereocenters. The molecule has 4 nitrogen and oxygen atoms in total. The number of amides is 1. The van der Waals surface area contributed by atoms with Gasteiger partial charge in [0.1, 0.15) is 11.3 Å². The van der Waals surface area contributed by atoms with Crippen molar-refractivity contribution in [2.75, 3.05) is 12.8 Å². The summed E-state index contributed by atoms with van der Waals surface area (Å²) in [5.74, 6) is 0.413. The van der Waals surface area contributed by atoms with Gasteiger partial charge >= 0.3 is 0 Å². The van der Waals surface area contributed by atoms with Crippen molar-refractivity contribution in [2.24, 2.45) is 0 Å². The van der Waals surface area contributed by atoms with Gasteiger partial charge < -0.3 is 9.73 Å². The van der Waals surface area contributed by atoms with Gasteiger partial charge in [-0.1, -0.05) is 18.2 Å². The van der Waals surface area contributed by atoms with E-state index in [1.54, 1.807) is 12.3 Å². The lowest BCUT2D eigenvalue weighted by Gasteiger charge is -2.07. The molecule has 0 fully saturated rings. The fourth-order valence-electron chi connectivity index (χ4n) is 1.66. The van der Waals surface area contributed by atoms with Gasteiger partial charge in [-0.25, -0.2) is 0 Å². The SMILES string of the molecule is CC(CNC(=O)/C=C/c1cc2ccccc2o1)S(C)=O. The molecule has 1 heterocycles. The Morgan fingerprint density at radius 2 is 2.20 bits per heavy atom. The van der Waals surface area contributed by atoms with Crippen LogP contribution >= 0.6 is 0 Å². The van der Waals surface area contributed by atoms with Gasteiger partial charge in [-0.05, 0) is 25.1 Å². The number of carbonyl (C=O) groups excluding carboxylic acids is 1. The molecule has 1 aromatic heterocycles. The molecule has 0 saturated carbocycles. The third-order valence-corrected chi connectivity index (χ3v) is 4.27. The second-order valence-electron chi connectivity index (χ2n) is 4.57. The molecule has 2 aromatic rings. The lowest BCUT2D eigenvalue weighted by atomic mass is 10.2. The number of nitrogens with one attached hydrogen (secondary N) is 1. The maximum atomic E-state index is 11.6. The number of hydrogen-bond acceptors (Lipinski definition) is 3. The molecule has 5 heteroatoms. The van der Waals surface area contributed by atoms with Crippen LogP contribution < -0.4 is 5.32 Å². The quantitative estimate of drug-likeness (QED) is 0.860. The zero-order valence-corrected chi connectivity index (χ0v) is 12.3. The van der Waals surface area contributed by atoms with E-state index in [4.69, 9.17) is 4.42 Å². The average Bonchev–Trinajstić information content (AvgIpc) is 2.85. The molecule has 1 aromatic carbocycles. The molecule has 1 N–H and O–H groups in total. The molecule has 1 amide bonds. The summed E-state index contributed by atoms with van der Waals surface area (Å²) in [7, 11) is -0.935. The van der Waals surface area contributed by atoms with Gasteiger partial charge in [0.2, 0.25) is 5.91 Å². The Labute approximate surface area is 120 Å². The van der Waals surface area contributed by atoms with Crippen LogP contribution in [0.25, 0.3) is 17.0 Å². The van der Waals surface area contributed by atoms with Crippen molar-refractivity contribution >= 4 is 33.8 Å². The van der Waals surface area contributed by atoms with Crippen LogP contribution in [-0.4, -0.2) is 28.2 Å². The number of fused-ring (bicyclic) bond motifs is 1. The predicted octanol–water partition coefficient (Wildman–Crippen LogP) is 2.33. The molecule has 0 radical (unpaired) electrons. The Bertz CT molecular complexity index is 627. The zero-order chi connectivity index (χ0) is 14.5. The van der Waals surface area contributed by atoms with Crippen molar-refractivity contribution in [3.05, 3.63) is 42.2 Å². The van der Waals surface area contributed by atoms with E-state index in [-0.39, 0.29) is 11.2 Å². The van der Waals surface area contributed by atoms with Crippen LogP contribution in [0, 0.1) is 0 Å². The summed E-state index contributed by atoms with van der Waals surface area (Å²) < 4.78 is 16.7. The van der Waals surface area contributed by atoms with Crippen molar-refractivity contribution in [3.8, 4) is 0 Å². The minimum atomic E-state index is -0.935. The van der Waals surface area contributed by atoms with E-state index in [1.807, 2.05) is 37.3 Å². The summed E-state index contributed by atoms with van der Waals surface area (Å²) in [4.78, 5) is 11.6. The van der Waals surface area contributed by atoms with Crippen LogP contribution in [0.1, 0.15) is 12.7 Å². The van der Waals surface area contributed by atoms with Crippen molar-refractivity contribution in [1.82, 2.24) is 5.32 Å². The monoisotopic (exact) mass is 291 g/mol. The van der Waals surface area contributed by atoms with Crippen LogP contribution in [0.2, 0.25) is 0 Å². The fraction of sp³-hybridized carbons (Fsp3) is 0.267. The minimum absolute atomic E-state index is 0.0569. The zero-order valence-electron chi connectivity index (χ0n) is 11.5. The van der Waals surface area contributed by atoms with Gasteiger partial charge in [-0.2, -0.15) is 0 Å². The number of benzene rings is 1. The van der Waals surface area contributed by atoms with Gasteiger partial charge in [0.05, 0.1) is 0 Å². The first-order valence-electron chi connectivity index (χ1n) is 6.33. The van der Waals surface area contributed by atoms with E-state index in [0.717, 1.165) is 11.0 Å². The second-order valence-corrected chi connectivity index (χ2v) is 6.38. The molecule has 2 rings (SSSR count). The first-order valence-corrected chi connectivity index (χ1v) is 7.95. The van der Waals surface area contributed by atoms with Crippen molar-refractivity contribution in [1.29, 1.82) is 0 Å². The van der Waals surface area contributed by atoms with E-state index in [0.29, 0.717) is 12.3 Å². The van der Waals surface area contributed by atoms with E-state index in [2.05, 4.69) is 5.32 Å². The lowest BCUT2D eigenvalue weighted by molar-refractivity contribution is -0.116. The van der Waals surface area contributed by atoms with Crippen molar-refractivity contribution in [2.45, 2.75) is 12.2 Å². The Morgan fingerprint density at radius 3 is 2.90 bits per heavy atom. The largest absolute Gasteiger partial charge is 0.457 e. The number of para-hydroxylation sites is 1. The van der Waals surface area contributed by atoms with Crippen LogP contribution in [0.4, 0.5) is 0 Å². The predicted molar refractivity (Wildman–Crippen MR) is 81.8 cm³/mol. The molecule has 20 heavy (non-hydrogen) atoms. The smallest absolute Gasteiger partial charge is 0.244 e. The number of carbonyl (C=O) groups is 1. The molecule has 2 atom stereocenters. The second kappa shape index (κ2) is 6.52. The summed E-state index contributed by atoms with van der Waals surface area (Å²) in [6, 6.07) is 9.55. The number of furan rings is 1. The van der Waals surface area contributed by atoms with Crippen LogP contribution in [0.5, 0.6) is 0 Å². The molecular formula is C15H17NO3S. The van der Waals surface area contributed by atoms with Gasteiger partial charge in [0.25, 0.3) is 0 Å². The first-order chi connectivity index (χ1) is 9.56. The topological polar surface area (TPSA) is 59.3 Å². The highest BCUT2D eigenvalue weighted by Crippen LogP contribution is 2.19. The van der Waals surface area contributed by atoms with Gasteiger partial charge in [-0.15, -0.1) is 0 Å². The lowest BCUT2D eigenvalue weighted by Crippen LogP contribution is -2.31. The van der Waals surface area contributed by atoms with Crippen LogP contribution in [0.3, 0.4) is 0 Å². The van der Waals surface area contributed by atoms with E-state index >= 15 is 0 Å². The molecule has 0 aliphatic carbocycles. The van der Waals surface area contributed by atoms with Crippen LogP contribution in [-0.2, 0) is 15.6 Å². The number of hydrogen-bond donors (Lipinski definition) is 1. The summed E-state index contributed by atoms with van der Waals surface area (Å²) in [6.45, 7) is 2.23. The fourth-order valence-corrected chi connectivity index (χ4v) is 1.98. The Morgan fingerprint density at radius 1 is 1.45 bits per heavy atom. The Balaban J connectivity index is 1.95. The average molecular weight is 291 g/mol. The normalized spacial score (nSPS) is 14.5. The maximum Gasteiger partial charge on any atom is 0.244 e. The molecule has 0 saturated heterocycles. The highest BCUT2D eigenvalue weighted by Gasteiger charge is 2.07. The van der Waals surface area contributed by atoms with E-state index in [1.165, 1.54) is 6.08 Å². The summed E-state index contributed by atoms with van der Waals surface area (Å²) in [5.41, 5.74) is 0.794. The summed E-state index contributed by atoms with van der Waals surface area (Å²) in [6.07, 6.45) is 4.67. The molecule has 106 valence electrons.